The van der Waals surface area contributed by atoms with Crippen LogP contribution in [-0.2, 0) is 6.54 Å². The summed E-state index contributed by atoms with van der Waals surface area (Å²) in [5.74, 6) is 0.908. The smallest absolute Gasteiger partial charge is 0.255 e. The van der Waals surface area contributed by atoms with E-state index < -0.39 is 0 Å². The summed E-state index contributed by atoms with van der Waals surface area (Å²) in [5, 5.41) is 7.60. The van der Waals surface area contributed by atoms with Gasteiger partial charge in [-0.05, 0) is 49.3 Å². The molecule has 1 N–H and O–H groups in total. The van der Waals surface area contributed by atoms with Crippen molar-refractivity contribution in [2.24, 2.45) is 5.41 Å². The number of pyridine rings is 1. The van der Waals surface area contributed by atoms with E-state index in [1.807, 2.05) is 34.0 Å². The molecule has 1 amide bonds. The molecule has 0 aliphatic carbocycles. The molecule has 1 fully saturated rings. The summed E-state index contributed by atoms with van der Waals surface area (Å²) in [6.07, 6.45) is 9.72. The first kappa shape index (κ1) is 19.4. The average molecular weight is 370 g/mol. The summed E-state index contributed by atoms with van der Waals surface area (Å²) in [5.41, 5.74) is 0.855. The Kier molecular flexibility index (Phi) is 6.14. The van der Waals surface area contributed by atoms with Gasteiger partial charge in [0.15, 0.2) is 0 Å². The highest BCUT2D eigenvalue weighted by molar-refractivity contribution is 5.94. The Morgan fingerprint density at radius 1 is 1.30 bits per heavy atom. The molecule has 3 heterocycles. The fourth-order valence-electron chi connectivity index (χ4n) is 3.43. The minimum Gasteiger partial charge on any atom is -0.370 e. The quantitative estimate of drug-likeness (QED) is 0.841. The van der Waals surface area contributed by atoms with E-state index >= 15 is 0 Å². The van der Waals surface area contributed by atoms with Crippen molar-refractivity contribution in [1.82, 2.24) is 19.7 Å². The molecule has 1 aliphatic rings. The van der Waals surface area contributed by atoms with E-state index in [1.165, 1.54) is 6.42 Å². The molecule has 0 unspecified atom stereocenters. The Labute approximate surface area is 162 Å². The fraction of sp³-hybridized carbons (Fsp3) is 0.571. The molecule has 6 nitrogen and oxygen atoms in total. The summed E-state index contributed by atoms with van der Waals surface area (Å²) in [7, 11) is 0. The molecule has 2 aromatic heterocycles. The molecule has 0 saturated carbocycles. The molecule has 1 saturated heterocycles. The van der Waals surface area contributed by atoms with Crippen molar-refractivity contribution in [2.45, 2.75) is 59.0 Å². The zero-order chi connectivity index (χ0) is 19.3. The Balaban J connectivity index is 1.61. The van der Waals surface area contributed by atoms with Gasteiger partial charge in [-0.1, -0.05) is 20.8 Å². The van der Waals surface area contributed by atoms with Crippen molar-refractivity contribution in [1.29, 1.82) is 0 Å². The standard InChI is InChI=1S/C21H31N5O/c1-21(2,3)16-23-19-9-8-17(15-22-19)20(27)26-13-5-4-7-18(26)10-14-25-12-6-11-24-25/h6,8-9,11-12,15,18H,4-5,7,10,13-14,16H2,1-3H3,(H,22,23)/t18-/m1/s1. The van der Waals surface area contributed by atoms with E-state index in [0.29, 0.717) is 5.56 Å². The minimum absolute atomic E-state index is 0.0926. The summed E-state index contributed by atoms with van der Waals surface area (Å²) in [6, 6.07) is 6.00. The summed E-state index contributed by atoms with van der Waals surface area (Å²) < 4.78 is 1.94. The number of hydrogen-bond donors (Lipinski definition) is 1. The Morgan fingerprint density at radius 3 is 2.81 bits per heavy atom. The normalized spacial score (nSPS) is 17.7. The lowest BCUT2D eigenvalue weighted by Gasteiger charge is -2.36. The number of rotatable bonds is 6. The molecule has 0 radical (unpaired) electrons. The second-order valence-electron chi connectivity index (χ2n) is 8.55. The lowest BCUT2D eigenvalue weighted by atomic mass is 9.97. The lowest BCUT2D eigenvalue weighted by molar-refractivity contribution is 0.0593. The van der Waals surface area contributed by atoms with Gasteiger partial charge < -0.3 is 10.2 Å². The van der Waals surface area contributed by atoms with Gasteiger partial charge >= 0.3 is 0 Å². The minimum atomic E-state index is 0.0926. The molecule has 1 aliphatic heterocycles. The highest BCUT2D eigenvalue weighted by Gasteiger charge is 2.27. The van der Waals surface area contributed by atoms with Crippen molar-refractivity contribution in [3.8, 4) is 0 Å². The number of carbonyl (C=O) groups excluding carboxylic acids is 1. The van der Waals surface area contributed by atoms with Crippen molar-refractivity contribution in [3.05, 3.63) is 42.4 Å². The van der Waals surface area contributed by atoms with Gasteiger partial charge in [-0.25, -0.2) is 4.98 Å². The van der Waals surface area contributed by atoms with Crippen LogP contribution in [0.5, 0.6) is 0 Å². The molecule has 0 spiro atoms. The molecule has 0 aromatic carbocycles. The predicted octanol–water partition coefficient (Wildman–Crippen LogP) is 3.82. The third kappa shape index (κ3) is 5.55. The van der Waals surface area contributed by atoms with Gasteiger partial charge in [0, 0.05) is 44.3 Å². The van der Waals surface area contributed by atoms with Gasteiger partial charge in [0.05, 0.1) is 5.56 Å². The van der Waals surface area contributed by atoms with Crippen molar-refractivity contribution >= 4 is 11.7 Å². The maximum Gasteiger partial charge on any atom is 0.255 e. The highest BCUT2D eigenvalue weighted by atomic mass is 16.2. The van der Waals surface area contributed by atoms with Gasteiger partial charge in [0.1, 0.15) is 5.82 Å². The van der Waals surface area contributed by atoms with Crippen LogP contribution in [0.4, 0.5) is 5.82 Å². The van der Waals surface area contributed by atoms with Crippen LogP contribution in [-0.4, -0.2) is 44.7 Å². The number of aryl methyl sites for hydroxylation is 1. The van der Waals surface area contributed by atoms with Crippen molar-refractivity contribution in [2.75, 3.05) is 18.4 Å². The summed E-state index contributed by atoms with van der Waals surface area (Å²) in [4.78, 5) is 19.5. The first-order chi connectivity index (χ1) is 12.9. The van der Waals surface area contributed by atoms with E-state index in [4.69, 9.17) is 0 Å². The van der Waals surface area contributed by atoms with Crippen molar-refractivity contribution in [3.63, 3.8) is 0 Å². The molecule has 146 valence electrons. The summed E-state index contributed by atoms with van der Waals surface area (Å²) >= 11 is 0. The molecular formula is C21H31N5O. The Hall–Kier alpha value is -2.37. The van der Waals surface area contributed by atoms with E-state index in [1.54, 1.807) is 12.4 Å². The van der Waals surface area contributed by atoms with Crippen LogP contribution < -0.4 is 5.32 Å². The third-order valence-electron chi connectivity index (χ3n) is 4.95. The number of amides is 1. The molecule has 2 aromatic rings. The van der Waals surface area contributed by atoms with Gasteiger partial charge in [0.25, 0.3) is 5.91 Å². The number of nitrogens with zero attached hydrogens (tertiary/aromatic N) is 4. The van der Waals surface area contributed by atoms with E-state index in [0.717, 1.165) is 44.7 Å². The average Bonchev–Trinajstić information content (AvgIpc) is 3.18. The van der Waals surface area contributed by atoms with Gasteiger partial charge in [-0.3, -0.25) is 9.48 Å². The number of likely N-dealkylation sites (tertiary alicyclic amines) is 1. The van der Waals surface area contributed by atoms with E-state index in [2.05, 4.69) is 36.2 Å². The second kappa shape index (κ2) is 8.55. The Morgan fingerprint density at radius 2 is 2.15 bits per heavy atom. The Bertz CT molecular complexity index is 718. The number of piperidine rings is 1. The van der Waals surface area contributed by atoms with Crippen LogP contribution >= 0.6 is 0 Å². The molecular weight excluding hydrogens is 338 g/mol. The number of aromatic nitrogens is 3. The van der Waals surface area contributed by atoms with Crippen LogP contribution in [0.2, 0.25) is 0 Å². The number of hydrogen-bond acceptors (Lipinski definition) is 4. The third-order valence-corrected chi connectivity index (χ3v) is 4.95. The first-order valence-corrected chi connectivity index (χ1v) is 9.91. The topological polar surface area (TPSA) is 63.1 Å². The molecule has 0 bridgehead atoms. The van der Waals surface area contributed by atoms with Crippen LogP contribution in [0.25, 0.3) is 0 Å². The maximum absolute atomic E-state index is 13.0. The van der Waals surface area contributed by atoms with Crippen LogP contribution in [0.1, 0.15) is 56.8 Å². The summed E-state index contributed by atoms with van der Waals surface area (Å²) in [6.45, 7) is 9.05. The SMILES string of the molecule is CC(C)(C)CNc1ccc(C(=O)N2CCCC[C@@H]2CCn2cccn2)cn1. The van der Waals surface area contributed by atoms with E-state index in [-0.39, 0.29) is 17.4 Å². The zero-order valence-corrected chi connectivity index (χ0v) is 16.7. The zero-order valence-electron chi connectivity index (χ0n) is 16.7. The second-order valence-corrected chi connectivity index (χ2v) is 8.55. The van der Waals surface area contributed by atoms with Crippen LogP contribution in [0.15, 0.2) is 36.8 Å². The van der Waals surface area contributed by atoms with E-state index in [9.17, 15) is 4.79 Å². The maximum atomic E-state index is 13.0. The van der Waals surface area contributed by atoms with Gasteiger partial charge in [0.2, 0.25) is 0 Å². The van der Waals surface area contributed by atoms with Crippen LogP contribution in [0, 0.1) is 5.41 Å². The number of anilines is 1. The monoisotopic (exact) mass is 369 g/mol. The molecule has 6 heteroatoms. The van der Waals surface area contributed by atoms with Gasteiger partial charge in [-0.15, -0.1) is 0 Å². The first-order valence-electron chi connectivity index (χ1n) is 9.91. The van der Waals surface area contributed by atoms with Crippen molar-refractivity contribution < 1.29 is 4.79 Å². The molecule has 1 atom stereocenters. The highest BCUT2D eigenvalue weighted by Crippen LogP contribution is 2.23. The largest absolute Gasteiger partial charge is 0.370 e. The molecule has 3 rings (SSSR count). The van der Waals surface area contributed by atoms with Gasteiger partial charge in [-0.2, -0.15) is 5.10 Å². The number of carbonyl (C=O) groups is 1. The lowest BCUT2D eigenvalue weighted by Crippen LogP contribution is -2.44. The number of nitrogens with one attached hydrogen (secondary N) is 1. The predicted molar refractivity (Wildman–Crippen MR) is 108 cm³/mol. The van der Waals surface area contributed by atoms with Crippen LogP contribution in [0.3, 0.4) is 0 Å². The molecule has 27 heavy (non-hydrogen) atoms. The fourth-order valence-corrected chi connectivity index (χ4v) is 3.43.